The minimum atomic E-state index is -0.184. The number of hydrogen-bond donors (Lipinski definition) is 3. The van der Waals surface area contributed by atoms with Crippen LogP contribution in [0.15, 0.2) is 12.1 Å². The Morgan fingerprint density at radius 3 is 2.95 bits per heavy atom. The first-order valence-corrected chi connectivity index (χ1v) is 7.61. The predicted octanol–water partition coefficient (Wildman–Crippen LogP) is 2.19. The standard InChI is InChI=1S/C15H22ClN3O2/c1-3-12(13-5-4-6-18-13)19-15(20)9-7-11(17)10(16)8-14(9)21-2/h7-8,12-13,18H,3-6,17H2,1-2H3,(H,19,20). The van der Waals surface area contributed by atoms with Crippen molar-refractivity contribution in [1.82, 2.24) is 10.6 Å². The summed E-state index contributed by atoms with van der Waals surface area (Å²) in [5.41, 5.74) is 6.57. The number of rotatable bonds is 5. The van der Waals surface area contributed by atoms with Gasteiger partial charge in [0.2, 0.25) is 0 Å². The van der Waals surface area contributed by atoms with E-state index in [0.29, 0.717) is 28.1 Å². The number of benzene rings is 1. The fourth-order valence-corrected chi connectivity index (χ4v) is 2.86. The second-order valence-electron chi connectivity index (χ2n) is 5.27. The number of carbonyl (C=O) groups excluding carboxylic acids is 1. The van der Waals surface area contributed by atoms with Crippen molar-refractivity contribution < 1.29 is 9.53 Å². The molecule has 0 spiro atoms. The molecule has 0 aliphatic carbocycles. The summed E-state index contributed by atoms with van der Waals surface area (Å²) in [6, 6.07) is 3.56. The number of nitrogens with two attached hydrogens (primary N) is 1. The van der Waals surface area contributed by atoms with Crippen LogP contribution >= 0.6 is 11.6 Å². The van der Waals surface area contributed by atoms with Gasteiger partial charge in [-0.15, -0.1) is 0 Å². The van der Waals surface area contributed by atoms with E-state index in [1.54, 1.807) is 12.1 Å². The molecule has 1 amide bonds. The highest BCUT2D eigenvalue weighted by atomic mass is 35.5. The second-order valence-corrected chi connectivity index (χ2v) is 5.67. The zero-order chi connectivity index (χ0) is 15.4. The Morgan fingerprint density at radius 2 is 2.38 bits per heavy atom. The molecule has 21 heavy (non-hydrogen) atoms. The first-order valence-electron chi connectivity index (χ1n) is 7.24. The topological polar surface area (TPSA) is 76.4 Å². The van der Waals surface area contributed by atoms with Crippen LogP contribution in [0.5, 0.6) is 5.75 Å². The molecule has 1 aromatic carbocycles. The van der Waals surface area contributed by atoms with Gasteiger partial charge in [-0.2, -0.15) is 0 Å². The van der Waals surface area contributed by atoms with E-state index in [0.717, 1.165) is 25.8 Å². The highest BCUT2D eigenvalue weighted by Crippen LogP contribution is 2.29. The van der Waals surface area contributed by atoms with Crippen molar-refractivity contribution in [1.29, 1.82) is 0 Å². The van der Waals surface area contributed by atoms with E-state index < -0.39 is 0 Å². The predicted molar refractivity (Wildman–Crippen MR) is 85.0 cm³/mol. The summed E-state index contributed by atoms with van der Waals surface area (Å²) in [6.45, 7) is 3.08. The lowest BCUT2D eigenvalue weighted by Crippen LogP contribution is -2.47. The molecule has 1 saturated heterocycles. The lowest BCUT2D eigenvalue weighted by Gasteiger charge is -2.24. The smallest absolute Gasteiger partial charge is 0.255 e. The summed E-state index contributed by atoms with van der Waals surface area (Å²) in [5, 5.41) is 6.87. The van der Waals surface area contributed by atoms with Crippen LogP contribution in [-0.2, 0) is 0 Å². The van der Waals surface area contributed by atoms with Gasteiger partial charge in [-0.05, 0) is 31.9 Å². The summed E-state index contributed by atoms with van der Waals surface area (Å²) in [5.74, 6) is 0.247. The lowest BCUT2D eigenvalue weighted by atomic mass is 10.0. The van der Waals surface area contributed by atoms with E-state index in [1.165, 1.54) is 7.11 Å². The van der Waals surface area contributed by atoms with Crippen molar-refractivity contribution in [2.24, 2.45) is 0 Å². The Bertz CT molecular complexity index is 516. The maximum absolute atomic E-state index is 12.5. The van der Waals surface area contributed by atoms with Crippen molar-refractivity contribution in [3.8, 4) is 5.75 Å². The molecule has 1 aromatic rings. The summed E-state index contributed by atoms with van der Waals surface area (Å²) in [6.07, 6.45) is 3.10. The molecule has 0 bridgehead atoms. The van der Waals surface area contributed by atoms with Gasteiger partial charge in [-0.1, -0.05) is 18.5 Å². The molecule has 2 rings (SSSR count). The second kappa shape index (κ2) is 7.00. The number of anilines is 1. The SMILES string of the molecule is CCC(NC(=O)c1cc(N)c(Cl)cc1OC)C1CCCN1. The molecule has 2 unspecified atom stereocenters. The molecule has 1 aliphatic rings. The average molecular weight is 312 g/mol. The molecule has 0 saturated carbocycles. The van der Waals surface area contributed by atoms with Gasteiger partial charge < -0.3 is 21.1 Å². The maximum atomic E-state index is 12.5. The van der Waals surface area contributed by atoms with Crippen molar-refractivity contribution in [3.63, 3.8) is 0 Å². The average Bonchev–Trinajstić information content (AvgIpc) is 3.00. The molecule has 5 nitrogen and oxygen atoms in total. The lowest BCUT2D eigenvalue weighted by molar-refractivity contribution is 0.0924. The highest BCUT2D eigenvalue weighted by Gasteiger charge is 2.26. The molecule has 0 radical (unpaired) electrons. The summed E-state index contributed by atoms with van der Waals surface area (Å²) >= 11 is 5.96. The van der Waals surface area contributed by atoms with Crippen molar-refractivity contribution in [2.45, 2.75) is 38.3 Å². The van der Waals surface area contributed by atoms with Crippen molar-refractivity contribution in [2.75, 3.05) is 19.4 Å². The minimum Gasteiger partial charge on any atom is -0.496 e. The summed E-state index contributed by atoms with van der Waals surface area (Å²) < 4.78 is 5.23. The van der Waals surface area contributed by atoms with E-state index in [-0.39, 0.29) is 11.9 Å². The van der Waals surface area contributed by atoms with Crippen LogP contribution in [0.25, 0.3) is 0 Å². The van der Waals surface area contributed by atoms with Crippen LogP contribution in [-0.4, -0.2) is 31.6 Å². The molecule has 4 N–H and O–H groups in total. The van der Waals surface area contributed by atoms with Crippen LogP contribution in [0, 0.1) is 0 Å². The zero-order valence-corrected chi connectivity index (χ0v) is 13.2. The van der Waals surface area contributed by atoms with Gasteiger partial charge in [0.25, 0.3) is 5.91 Å². The Labute approximate surface area is 130 Å². The molecule has 0 aromatic heterocycles. The van der Waals surface area contributed by atoms with Gasteiger partial charge in [-0.25, -0.2) is 0 Å². The third-order valence-electron chi connectivity index (χ3n) is 3.90. The van der Waals surface area contributed by atoms with Gasteiger partial charge in [0.1, 0.15) is 5.75 Å². The fraction of sp³-hybridized carbons (Fsp3) is 0.533. The number of hydrogen-bond acceptors (Lipinski definition) is 4. The van der Waals surface area contributed by atoms with Crippen LogP contribution in [0.4, 0.5) is 5.69 Å². The fourth-order valence-electron chi connectivity index (χ4n) is 2.71. The Hall–Kier alpha value is -1.46. The van der Waals surface area contributed by atoms with Gasteiger partial charge in [0.05, 0.1) is 23.4 Å². The first-order chi connectivity index (χ1) is 10.1. The Kier molecular flexibility index (Phi) is 5.31. The van der Waals surface area contributed by atoms with Crippen LogP contribution in [0.3, 0.4) is 0 Å². The molecule has 116 valence electrons. The summed E-state index contributed by atoms with van der Waals surface area (Å²) in [7, 11) is 1.51. The van der Waals surface area contributed by atoms with Crippen LogP contribution in [0.1, 0.15) is 36.5 Å². The number of ether oxygens (including phenoxy) is 1. The van der Waals surface area contributed by atoms with E-state index in [4.69, 9.17) is 22.1 Å². The molecule has 2 atom stereocenters. The first kappa shape index (κ1) is 15.9. The molecule has 6 heteroatoms. The van der Waals surface area contributed by atoms with Gasteiger partial charge in [0.15, 0.2) is 0 Å². The molecular weight excluding hydrogens is 290 g/mol. The third-order valence-corrected chi connectivity index (χ3v) is 4.23. The number of nitrogens with one attached hydrogen (secondary N) is 2. The van der Waals surface area contributed by atoms with Crippen molar-refractivity contribution in [3.05, 3.63) is 22.7 Å². The zero-order valence-electron chi connectivity index (χ0n) is 12.4. The number of carbonyl (C=O) groups is 1. The van der Waals surface area contributed by atoms with Gasteiger partial charge in [0, 0.05) is 18.2 Å². The van der Waals surface area contributed by atoms with E-state index in [1.807, 2.05) is 0 Å². The highest BCUT2D eigenvalue weighted by molar-refractivity contribution is 6.33. The van der Waals surface area contributed by atoms with E-state index in [9.17, 15) is 4.79 Å². The van der Waals surface area contributed by atoms with Crippen molar-refractivity contribution >= 4 is 23.2 Å². The molecular formula is C15H22ClN3O2. The number of halogens is 1. The maximum Gasteiger partial charge on any atom is 0.255 e. The molecule has 1 fully saturated rings. The van der Waals surface area contributed by atoms with Crippen LogP contribution in [0.2, 0.25) is 5.02 Å². The largest absolute Gasteiger partial charge is 0.496 e. The number of nitrogen functional groups attached to an aromatic ring is 1. The van der Waals surface area contributed by atoms with Gasteiger partial charge in [-0.3, -0.25) is 4.79 Å². The quantitative estimate of drug-likeness (QED) is 0.729. The normalized spacial score (nSPS) is 19.3. The third kappa shape index (κ3) is 3.60. The van der Waals surface area contributed by atoms with E-state index >= 15 is 0 Å². The van der Waals surface area contributed by atoms with E-state index in [2.05, 4.69) is 17.6 Å². The Morgan fingerprint density at radius 1 is 1.62 bits per heavy atom. The number of methoxy groups -OCH3 is 1. The molecule has 1 aliphatic heterocycles. The Balaban J connectivity index is 2.17. The van der Waals surface area contributed by atoms with Crippen LogP contribution < -0.4 is 21.1 Å². The number of amides is 1. The van der Waals surface area contributed by atoms with Gasteiger partial charge >= 0.3 is 0 Å². The minimum absolute atomic E-state index is 0.0987. The summed E-state index contributed by atoms with van der Waals surface area (Å²) in [4.78, 5) is 12.5. The molecule has 1 heterocycles. The monoisotopic (exact) mass is 311 g/mol.